The molecule has 1 N–H and O–H groups in total. The van der Waals surface area contributed by atoms with Crippen LogP contribution in [0.1, 0.15) is 16.3 Å². The fraction of sp³-hybridized carbons (Fsp3) is 0.286. The maximum Gasteiger partial charge on any atom is 0.213 e. The molecule has 0 unspecified atom stereocenters. The van der Waals surface area contributed by atoms with Crippen molar-refractivity contribution >= 4 is 16.3 Å². The lowest BCUT2D eigenvalue weighted by atomic mass is 10.1. The molecule has 6 heteroatoms. The number of methoxy groups -OCH3 is 1. The fourth-order valence-corrected chi connectivity index (χ4v) is 3.01. The standard InChI is InChI=1S/C14H15N3O2S/c1-8-4-5-12(19-3)10(6-8)13-11(7-18)17-14(15-13)20-9(2)16-17/h4-6,18H,7H2,1-3H3. The molecule has 3 rings (SSSR count). The summed E-state index contributed by atoms with van der Waals surface area (Å²) in [4.78, 5) is 5.39. The van der Waals surface area contributed by atoms with Crippen LogP contribution in [0.3, 0.4) is 0 Å². The Morgan fingerprint density at radius 3 is 2.85 bits per heavy atom. The van der Waals surface area contributed by atoms with Gasteiger partial charge in [0.25, 0.3) is 0 Å². The molecular weight excluding hydrogens is 274 g/mol. The van der Waals surface area contributed by atoms with E-state index in [0.717, 1.165) is 32.5 Å². The maximum absolute atomic E-state index is 9.67. The van der Waals surface area contributed by atoms with Crippen molar-refractivity contribution in [2.75, 3.05) is 7.11 Å². The summed E-state index contributed by atoms with van der Waals surface area (Å²) in [5, 5.41) is 15.0. The zero-order valence-corrected chi connectivity index (χ0v) is 12.4. The topological polar surface area (TPSA) is 59.7 Å². The highest BCUT2D eigenvalue weighted by Gasteiger charge is 2.19. The minimum absolute atomic E-state index is 0.114. The van der Waals surface area contributed by atoms with E-state index in [1.807, 2.05) is 32.0 Å². The quantitative estimate of drug-likeness (QED) is 0.805. The molecule has 3 aromatic rings. The van der Waals surface area contributed by atoms with Gasteiger partial charge < -0.3 is 9.84 Å². The Labute approximate surface area is 120 Å². The number of hydrogen-bond donors (Lipinski definition) is 1. The summed E-state index contributed by atoms with van der Waals surface area (Å²) in [6.07, 6.45) is 0. The van der Waals surface area contributed by atoms with Crippen LogP contribution in [0.4, 0.5) is 0 Å². The monoisotopic (exact) mass is 289 g/mol. The van der Waals surface area contributed by atoms with E-state index in [4.69, 9.17) is 4.74 Å². The lowest BCUT2D eigenvalue weighted by Crippen LogP contribution is -1.97. The highest BCUT2D eigenvalue weighted by molar-refractivity contribution is 7.16. The van der Waals surface area contributed by atoms with Gasteiger partial charge >= 0.3 is 0 Å². The Hall–Kier alpha value is -1.92. The maximum atomic E-state index is 9.67. The molecule has 0 aliphatic heterocycles. The highest BCUT2D eigenvalue weighted by atomic mass is 32.1. The second kappa shape index (κ2) is 4.88. The summed E-state index contributed by atoms with van der Waals surface area (Å²) >= 11 is 1.50. The molecule has 2 heterocycles. The van der Waals surface area contributed by atoms with Crippen LogP contribution in [0.5, 0.6) is 5.75 Å². The normalized spacial score (nSPS) is 11.2. The molecule has 0 bridgehead atoms. The number of aryl methyl sites for hydroxylation is 2. The van der Waals surface area contributed by atoms with Crippen molar-refractivity contribution in [1.29, 1.82) is 0 Å². The summed E-state index contributed by atoms with van der Waals surface area (Å²) in [6, 6.07) is 5.91. The van der Waals surface area contributed by atoms with Crippen molar-refractivity contribution in [3.63, 3.8) is 0 Å². The van der Waals surface area contributed by atoms with Crippen molar-refractivity contribution in [1.82, 2.24) is 14.6 Å². The van der Waals surface area contributed by atoms with Crippen LogP contribution in [-0.2, 0) is 6.61 Å². The second-order valence-electron chi connectivity index (χ2n) is 4.58. The number of aliphatic hydroxyl groups excluding tert-OH is 1. The zero-order valence-electron chi connectivity index (χ0n) is 11.5. The first-order valence-corrected chi connectivity index (χ1v) is 7.06. The SMILES string of the molecule is COc1ccc(C)cc1-c1nc2sc(C)nn2c1CO. The van der Waals surface area contributed by atoms with Gasteiger partial charge in [0.1, 0.15) is 16.5 Å². The number of rotatable bonds is 3. The first-order valence-electron chi connectivity index (χ1n) is 6.25. The molecule has 0 atom stereocenters. The van der Waals surface area contributed by atoms with Crippen molar-refractivity contribution in [3.05, 3.63) is 34.5 Å². The number of imidazole rings is 1. The van der Waals surface area contributed by atoms with E-state index in [0.29, 0.717) is 5.69 Å². The molecule has 0 amide bonds. The van der Waals surface area contributed by atoms with Crippen molar-refractivity contribution in [2.45, 2.75) is 20.5 Å². The summed E-state index contributed by atoms with van der Waals surface area (Å²) in [7, 11) is 1.63. The third-order valence-corrected chi connectivity index (χ3v) is 3.98. The van der Waals surface area contributed by atoms with Gasteiger partial charge in [0.2, 0.25) is 4.96 Å². The number of benzene rings is 1. The number of aromatic nitrogens is 3. The van der Waals surface area contributed by atoms with Crippen molar-refractivity contribution in [3.8, 4) is 17.0 Å². The predicted octanol–water partition coefficient (Wildman–Crippen LogP) is 2.58. The fourth-order valence-electron chi connectivity index (χ4n) is 2.25. The minimum atomic E-state index is -0.114. The third kappa shape index (κ3) is 1.97. The molecule has 0 saturated heterocycles. The highest BCUT2D eigenvalue weighted by Crippen LogP contribution is 2.34. The minimum Gasteiger partial charge on any atom is -0.496 e. The van der Waals surface area contributed by atoms with E-state index in [1.165, 1.54) is 11.3 Å². The van der Waals surface area contributed by atoms with Gasteiger partial charge in [0, 0.05) is 5.56 Å². The smallest absolute Gasteiger partial charge is 0.213 e. The summed E-state index contributed by atoms with van der Waals surface area (Å²) in [5.41, 5.74) is 3.41. The first kappa shape index (κ1) is 13.1. The van der Waals surface area contributed by atoms with E-state index in [2.05, 4.69) is 10.1 Å². The Bertz CT molecular complexity index is 776. The Morgan fingerprint density at radius 1 is 1.35 bits per heavy atom. The Kier molecular flexibility index (Phi) is 3.19. The van der Waals surface area contributed by atoms with Gasteiger partial charge in [-0.15, -0.1) is 0 Å². The summed E-state index contributed by atoms with van der Waals surface area (Å²) in [6.45, 7) is 3.83. The number of nitrogens with zero attached hydrogens (tertiary/aromatic N) is 3. The summed E-state index contributed by atoms with van der Waals surface area (Å²) < 4.78 is 7.11. The Balaban J connectivity index is 2.28. The van der Waals surface area contributed by atoms with Crippen molar-refractivity contribution < 1.29 is 9.84 Å². The molecule has 5 nitrogen and oxygen atoms in total. The molecular formula is C14H15N3O2S. The largest absolute Gasteiger partial charge is 0.496 e. The van der Waals surface area contributed by atoms with Gasteiger partial charge in [0.05, 0.1) is 19.4 Å². The lowest BCUT2D eigenvalue weighted by Gasteiger charge is -2.08. The van der Waals surface area contributed by atoms with Crippen LogP contribution in [-0.4, -0.2) is 26.8 Å². The predicted molar refractivity (Wildman–Crippen MR) is 78.2 cm³/mol. The zero-order chi connectivity index (χ0) is 14.3. The number of fused-ring (bicyclic) bond motifs is 1. The average molecular weight is 289 g/mol. The Morgan fingerprint density at radius 2 is 2.15 bits per heavy atom. The number of ether oxygens (including phenoxy) is 1. The third-order valence-electron chi connectivity index (χ3n) is 3.16. The molecule has 0 saturated carbocycles. The van der Waals surface area contributed by atoms with E-state index in [-0.39, 0.29) is 6.61 Å². The molecule has 0 aliphatic rings. The molecule has 0 aliphatic carbocycles. The van der Waals surface area contributed by atoms with Crippen LogP contribution in [0, 0.1) is 13.8 Å². The van der Waals surface area contributed by atoms with E-state index in [1.54, 1.807) is 11.6 Å². The van der Waals surface area contributed by atoms with E-state index < -0.39 is 0 Å². The molecule has 20 heavy (non-hydrogen) atoms. The van der Waals surface area contributed by atoms with Crippen LogP contribution in [0.25, 0.3) is 16.2 Å². The molecule has 0 radical (unpaired) electrons. The number of hydrogen-bond acceptors (Lipinski definition) is 5. The van der Waals surface area contributed by atoms with Crippen LogP contribution in [0.15, 0.2) is 18.2 Å². The van der Waals surface area contributed by atoms with Gasteiger partial charge in [-0.3, -0.25) is 0 Å². The second-order valence-corrected chi connectivity index (χ2v) is 5.74. The van der Waals surface area contributed by atoms with Gasteiger partial charge in [-0.25, -0.2) is 9.50 Å². The van der Waals surface area contributed by atoms with E-state index in [9.17, 15) is 5.11 Å². The van der Waals surface area contributed by atoms with Crippen molar-refractivity contribution in [2.24, 2.45) is 0 Å². The lowest BCUT2D eigenvalue weighted by molar-refractivity contribution is 0.275. The van der Waals surface area contributed by atoms with Crippen LogP contribution in [0.2, 0.25) is 0 Å². The van der Waals surface area contributed by atoms with Gasteiger partial charge in [-0.05, 0) is 26.0 Å². The molecule has 0 spiro atoms. The molecule has 0 fully saturated rings. The van der Waals surface area contributed by atoms with Gasteiger partial charge in [0.15, 0.2) is 0 Å². The molecule has 2 aromatic heterocycles. The first-order chi connectivity index (χ1) is 9.63. The van der Waals surface area contributed by atoms with Gasteiger partial charge in [-0.1, -0.05) is 23.0 Å². The van der Waals surface area contributed by atoms with Crippen LogP contribution < -0.4 is 4.74 Å². The molecule has 1 aromatic carbocycles. The number of aliphatic hydroxyl groups is 1. The van der Waals surface area contributed by atoms with Gasteiger partial charge in [-0.2, -0.15) is 5.10 Å². The van der Waals surface area contributed by atoms with Crippen LogP contribution >= 0.6 is 11.3 Å². The van der Waals surface area contributed by atoms with E-state index >= 15 is 0 Å². The average Bonchev–Trinajstić information content (AvgIpc) is 2.94. The summed E-state index contributed by atoms with van der Waals surface area (Å²) in [5.74, 6) is 0.743. The molecule has 104 valence electrons.